The number of nitrogens with two attached hydrogens (primary N) is 1. The van der Waals surface area contributed by atoms with E-state index < -0.39 is 6.04 Å². The van der Waals surface area contributed by atoms with E-state index in [0.717, 1.165) is 35.3 Å². The predicted octanol–water partition coefficient (Wildman–Crippen LogP) is 2.44. The van der Waals surface area contributed by atoms with Crippen molar-refractivity contribution in [2.45, 2.75) is 32.4 Å². The number of anilines is 1. The summed E-state index contributed by atoms with van der Waals surface area (Å²) < 4.78 is 0. The van der Waals surface area contributed by atoms with E-state index in [1.54, 1.807) is 4.90 Å². The number of rotatable bonds is 5. The summed E-state index contributed by atoms with van der Waals surface area (Å²) in [5.41, 5.74) is 9.83. The molecule has 2 aromatic rings. The van der Waals surface area contributed by atoms with Crippen molar-refractivity contribution in [3.05, 3.63) is 65.2 Å². The number of carbonyl (C=O) groups excluding carboxylic acids is 2. The third-order valence-electron chi connectivity index (χ3n) is 4.51. The molecule has 1 heterocycles. The lowest BCUT2D eigenvalue weighted by atomic mass is 10.1. The third kappa shape index (κ3) is 4.06. The second kappa shape index (κ2) is 7.49. The molecule has 2 aromatic carbocycles. The fourth-order valence-electron chi connectivity index (χ4n) is 2.94. The van der Waals surface area contributed by atoms with Crippen LogP contribution in [0.1, 0.15) is 35.6 Å². The number of benzene rings is 2. The zero-order chi connectivity index (χ0) is 17.8. The number of hydrogen-bond acceptors (Lipinski definition) is 3. The van der Waals surface area contributed by atoms with Gasteiger partial charge in [0, 0.05) is 25.2 Å². The minimum Gasteiger partial charge on any atom is -0.350 e. The van der Waals surface area contributed by atoms with E-state index >= 15 is 0 Å². The van der Waals surface area contributed by atoms with Crippen molar-refractivity contribution in [2.24, 2.45) is 5.73 Å². The Balaban J connectivity index is 1.56. The minimum atomic E-state index is -0.679. The van der Waals surface area contributed by atoms with Crippen molar-refractivity contribution >= 4 is 17.5 Å². The van der Waals surface area contributed by atoms with Crippen LogP contribution >= 0.6 is 0 Å². The number of nitrogens with zero attached hydrogens (tertiary/aromatic N) is 1. The van der Waals surface area contributed by atoms with Crippen LogP contribution in [0.5, 0.6) is 0 Å². The van der Waals surface area contributed by atoms with E-state index in [9.17, 15) is 9.59 Å². The number of nitrogens with one attached hydrogen (secondary N) is 1. The Kier molecular flexibility index (Phi) is 5.14. The van der Waals surface area contributed by atoms with Gasteiger partial charge in [0.25, 0.3) is 0 Å². The van der Waals surface area contributed by atoms with Gasteiger partial charge in [-0.3, -0.25) is 9.59 Å². The highest BCUT2D eigenvalue weighted by atomic mass is 16.2. The maximum atomic E-state index is 12.2. The summed E-state index contributed by atoms with van der Waals surface area (Å²) in [4.78, 5) is 25.8. The highest BCUT2D eigenvalue weighted by Crippen LogP contribution is 2.21. The Morgan fingerprint density at radius 2 is 1.84 bits per heavy atom. The molecule has 1 aliphatic rings. The molecular formula is C20H23N3O2. The van der Waals surface area contributed by atoms with Gasteiger partial charge in [0.05, 0.1) is 0 Å². The van der Waals surface area contributed by atoms with Gasteiger partial charge in [0.1, 0.15) is 6.04 Å². The van der Waals surface area contributed by atoms with Crippen molar-refractivity contribution in [3.63, 3.8) is 0 Å². The summed E-state index contributed by atoms with van der Waals surface area (Å²) in [6.07, 6.45) is 1.53. The largest absolute Gasteiger partial charge is 0.350 e. The first-order chi connectivity index (χ1) is 12.0. The first-order valence-corrected chi connectivity index (χ1v) is 8.54. The molecule has 3 N–H and O–H groups in total. The van der Waals surface area contributed by atoms with E-state index in [2.05, 4.69) is 5.32 Å². The average molecular weight is 337 g/mol. The number of hydrogen-bond donors (Lipinski definition) is 2. The van der Waals surface area contributed by atoms with Crippen LogP contribution in [-0.2, 0) is 16.1 Å². The molecule has 5 nitrogen and oxygen atoms in total. The van der Waals surface area contributed by atoms with Crippen LogP contribution in [0.2, 0.25) is 0 Å². The third-order valence-corrected chi connectivity index (χ3v) is 4.51. The summed E-state index contributed by atoms with van der Waals surface area (Å²) in [6, 6.07) is 14.7. The molecule has 130 valence electrons. The molecular weight excluding hydrogens is 314 g/mol. The lowest BCUT2D eigenvalue weighted by Gasteiger charge is -2.16. The van der Waals surface area contributed by atoms with Crippen LogP contribution in [0.4, 0.5) is 5.69 Å². The van der Waals surface area contributed by atoms with Gasteiger partial charge in [0.2, 0.25) is 11.8 Å². The van der Waals surface area contributed by atoms with Crippen LogP contribution in [0.3, 0.4) is 0 Å². The Morgan fingerprint density at radius 1 is 1.16 bits per heavy atom. The summed E-state index contributed by atoms with van der Waals surface area (Å²) in [5.74, 6) is -0.0345. The van der Waals surface area contributed by atoms with Crippen LogP contribution in [0, 0.1) is 6.92 Å². The first-order valence-electron chi connectivity index (χ1n) is 8.54. The van der Waals surface area contributed by atoms with Crippen molar-refractivity contribution in [1.29, 1.82) is 0 Å². The molecule has 1 unspecified atom stereocenters. The highest BCUT2D eigenvalue weighted by molar-refractivity contribution is 5.95. The Hall–Kier alpha value is -2.66. The van der Waals surface area contributed by atoms with Crippen LogP contribution in [0.25, 0.3) is 0 Å². The monoisotopic (exact) mass is 337 g/mol. The summed E-state index contributed by atoms with van der Waals surface area (Å²) >= 11 is 0. The number of carbonyl (C=O) groups is 2. The SMILES string of the molecule is Cc1ccc(C(N)C(=O)NCc2ccc(N3CCCC3=O)cc2)cc1. The van der Waals surface area contributed by atoms with Gasteiger partial charge in [0.15, 0.2) is 0 Å². The maximum absolute atomic E-state index is 12.2. The Labute approximate surface area is 147 Å². The quantitative estimate of drug-likeness (QED) is 0.880. The summed E-state index contributed by atoms with van der Waals surface area (Å²) in [6.45, 7) is 3.18. The van der Waals surface area contributed by atoms with Crippen LogP contribution in [-0.4, -0.2) is 18.4 Å². The molecule has 2 amide bonds. The van der Waals surface area contributed by atoms with E-state index in [1.165, 1.54) is 0 Å². The van der Waals surface area contributed by atoms with Gasteiger partial charge in [-0.05, 0) is 36.6 Å². The van der Waals surface area contributed by atoms with Gasteiger partial charge >= 0.3 is 0 Å². The topological polar surface area (TPSA) is 75.4 Å². The van der Waals surface area contributed by atoms with E-state index in [0.29, 0.717) is 13.0 Å². The first kappa shape index (κ1) is 17.2. The molecule has 0 bridgehead atoms. The van der Waals surface area contributed by atoms with Gasteiger partial charge in [-0.2, -0.15) is 0 Å². The maximum Gasteiger partial charge on any atom is 0.241 e. The summed E-state index contributed by atoms with van der Waals surface area (Å²) in [7, 11) is 0. The smallest absolute Gasteiger partial charge is 0.241 e. The molecule has 1 atom stereocenters. The molecule has 3 rings (SSSR count). The number of aryl methyl sites for hydroxylation is 1. The molecule has 5 heteroatoms. The predicted molar refractivity (Wildman–Crippen MR) is 98.0 cm³/mol. The zero-order valence-electron chi connectivity index (χ0n) is 14.4. The standard InChI is InChI=1S/C20H23N3O2/c1-14-4-8-16(9-5-14)19(21)20(25)22-13-15-6-10-17(11-7-15)23-12-2-3-18(23)24/h4-11,19H,2-3,12-13,21H2,1H3,(H,22,25). The van der Waals surface area contributed by atoms with Crippen molar-refractivity contribution < 1.29 is 9.59 Å². The molecule has 25 heavy (non-hydrogen) atoms. The van der Waals surface area contributed by atoms with Crippen molar-refractivity contribution in [3.8, 4) is 0 Å². The zero-order valence-corrected chi connectivity index (χ0v) is 14.4. The normalized spacial score (nSPS) is 15.3. The molecule has 1 fully saturated rings. The van der Waals surface area contributed by atoms with Crippen molar-refractivity contribution in [2.75, 3.05) is 11.4 Å². The molecule has 0 saturated carbocycles. The van der Waals surface area contributed by atoms with Gasteiger partial charge in [-0.25, -0.2) is 0 Å². The Morgan fingerprint density at radius 3 is 2.44 bits per heavy atom. The molecule has 0 aliphatic carbocycles. The Bertz CT molecular complexity index is 754. The van der Waals surface area contributed by atoms with E-state index in [1.807, 2.05) is 55.5 Å². The second-order valence-corrected chi connectivity index (χ2v) is 6.42. The molecule has 0 spiro atoms. The average Bonchev–Trinajstić information content (AvgIpc) is 3.06. The fraction of sp³-hybridized carbons (Fsp3) is 0.300. The fourth-order valence-corrected chi connectivity index (χ4v) is 2.94. The second-order valence-electron chi connectivity index (χ2n) is 6.42. The number of amides is 2. The summed E-state index contributed by atoms with van der Waals surface area (Å²) in [5, 5.41) is 2.87. The molecule has 0 aromatic heterocycles. The van der Waals surface area contributed by atoms with Gasteiger partial charge in [-0.15, -0.1) is 0 Å². The van der Waals surface area contributed by atoms with Gasteiger partial charge < -0.3 is 16.0 Å². The molecule has 0 radical (unpaired) electrons. The van der Waals surface area contributed by atoms with Gasteiger partial charge in [-0.1, -0.05) is 42.0 Å². The van der Waals surface area contributed by atoms with E-state index in [-0.39, 0.29) is 11.8 Å². The lowest BCUT2D eigenvalue weighted by molar-refractivity contribution is -0.122. The lowest BCUT2D eigenvalue weighted by Crippen LogP contribution is -2.33. The minimum absolute atomic E-state index is 0.171. The molecule has 1 aliphatic heterocycles. The highest BCUT2D eigenvalue weighted by Gasteiger charge is 2.21. The van der Waals surface area contributed by atoms with Crippen LogP contribution < -0.4 is 16.0 Å². The van der Waals surface area contributed by atoms with E-state index in [4.69, 9.17) is 5.73 Å². The molecule has 1 saturated heterocycles. The van der Waals surface area contributed by atoms with Crippen LogP contribution in [0.15, 0.2) is 48.5 Å². The van der Waals surface area contributed by atoms with Crippen molar-refractivity contribution in [1.82, 2.24) is 5.32 Å².